The molecule has 0 amide bonds. The van der Waals surface area contributed by atoms with E-state index in [2.05, 4.69) is 38.1 Å². The molecule has 2 aliphatic rings. The summed E-state index contributed by atoms with van der Waals surface area (Å²) in [5, 5.41) is 0. The summed E-state index contributed by atoms with van der Waals surface area (Å²) < 4.78 is 0. The van der Waals surface area contributed by atoms with Crippen molar-refractivity contribution in [2.45, 2.75) is 129 Å². The maximum atomic E-state index is 2.41. The summed E-state index contributed by atoms with van der Waals surface area (Å²) >= 11 is 0. The largest absolute Gasteiger partial charge is 0.0654 e. The van der Waals surface area contributed by atoms with E-state index in [1.165, 1.54) is 89.9 Å². The van der Waals surface area contributed by atoms with E-state index in [1.54, 1.807) is 36.8 Å². The summed E-state index contributed by atoms with van der Waals surface area (Å²) in [6, 6.07) is 9.62. The van der Waals surface area contributed by atoms with Gasteiger partial charge in [-0.3, -0.25) is 0 Å². The van der Waals surface area contributed by atoms with Crippen LogP contribution in [0.3, 0.4) is 0 Å². The number of aryl methyl sites for hydroxylation is 2. The molecule has 0 nitrogen and oxygen atoms in total. The van der Waals surface area contributed by atoms with Crippen molar-refractivity contribution in [3.05, 3.63) is 35.4 Å². The molecule has 0 N–H and O–H groups in total. The molecule has 170 valence electrons. The molecule has 0 bridgehead atoms. The third-order valence-electron chi connectivity index (χ3n) is 8.60. The first kappa shape index (κ1) is 23.9. The van der Waals surface area contributed by atoms with E-state index in [1.807, 2.05) is 0 Å². The zero-order valence-corrected chi connectivity index (χ0v) is 20.3. The van der Waals surface area contributed by atoms with Crippen molar-refractivity contribution in [3.63, 3.8) is 0 Å². The van der Waals surface area contributed by atoms with Crippen molar-refractivity contribution in [3.8, 4) is 0 Å². The standard InChI is InChI=1S/C30H50/c1-3-5-7-8-10-26-11-13-27(14-12-26)15-16-28-19-23-30(24-20-28)29-21-17-25(18-22-29)9-6-4-2/h11-14,25,28-30H,3-10,15-24H2,1-2H3. The number of unbranched alkanes of at least 4 members (excludes halogenated alkanes) is 4. The Kier molecular flexibility index (Phi) is 10.8. The summed E-state index contributed by atoms with van der Waals surface area (Å²) in [6.45, 7) is 4.63. The minimum absolute atomic E-state index is 0.996. The van der Waals surface area contributed by atoms with Gasteiger partial charge in [0, 0.05) is 0 Å². The molecular formula is C30H50. The molecule has 2 saturated carbocycles. The van der Waals surface area contributed by atoms with Crippen LogP contribution in [0.25, 0.3) is 0 Å². The molecule has 0 unspecified atom stereocenters. The molecule has 0 aromatic heterocycles. The van der Waals surface area contributed by atoms with Crippen molar-refractivity contribution in [1.29, 1.82) is 0 Å². The van der Waals surface area contributed by atoms with E-state index in [0.29, 0.717) is 0 Å². The normalized spacial score (nSPS) is 27.3. The van der Waals surface area contributed by atoms with Gasteiger partial charge in [-0.25, -0.2) is 0 Å². The number of benzene rings is 1. The van der Waals surface area contributed by atoms with Crippen molar-refractivity contribution in [1.82, 2.24) is 0 Å². The van der Waals surface area contributed by atoms with Gasteiger partial charge in [0.1, 0.15) is 0 Å². The number of rotatable bonds is 12. The second-order valence-electron chi connectivity index (χ2n) is 10.9. The first-order valence-corrected chi connectivity index (χ1v) is 13.9. The molecular weight excluding hydrogens is 360 g/mol. The number of hydrogen-bond acceptors (Lipinski definition) is 0. The van der Waals surface area contributed by atoms with Gasteiger partial charge in [0.25, 0.3) is 0 Å². The first-order valence-electron chi connectivity index (χ1n) is 13.9. The fraction of sp³-hybridized carbons (Fsp3) is 0.800. The average Bonchev–Trinajstić information content (AvgIpc) is 2.81. The minimum Gasteiger partial charge on any atom is -0.0654 e. The van der Waals surface area contributed by atoms with Gasteiger partial charge in [-0.05, 0) is 86.2 Å². The summed E-state index contributed by atoms with van der Waals surface area (Å²) in [6.07, 6.45) is 26.1. The third kappa shape index (κ3) is 8.05. The fourth-order valence-electron chi connectivity index (χ4n) is 6.39. The van der Waals surface area contributed by atoms with Crippen LogP contribution in [0.2, 0.25) is 0 Å². The molecule has 2 aliphatic carbocycles. The van der Waals surface area contributed by atoms with Crippen LogP contribution in [0, 0.1) is 23.7 Å². The Hall–Kier alpha value is -0.780. The van der Waals surface area contributed by atoms with Crippen LogP contribution in [0.1, 0.15) is 128 Å². The molecule has 0 aliphatic heterocycles. The second-order valence-corrected chi connectivity index (χ2v) is 10.9. The molecule has 0 saturated heterocycles. The van der Waals surface area contributed by atoms with E-state index in [4.69, 9.17) is 0 Å². The zero-order valence-electron chi connectivity index (χ0n) is 20.3. The van der Waals surface area contributed by atoms with Crippen molar-refractivity contribution in [2.24, 2.45) is 23.7 Å². The average molecular weight is 411 g/mol. The summed E-state index contributed by atoms with van der Waals surface area (Å²) in [7, 11) is 0. The smallest absolute Gasteiger partial charge is 0.0276 e. The molecule has 1 aromatic rings. The van der Waals surface area contributed by atoms with Crippen LogP contribution in [0.5, 0.6) is 0 Å². The topological polar surface area (TPSA) is 0 Å². The van der Waals surface area contributed by atoms with Crippen LogP contribution in [-0.4, -0.2) is 0 Å². The van der Waals surface area contributed by atoms with E-state index >= 15 is 0 Å². The molecule has 2 fully saturated rings. The summed E-state index contributed by atoms with van der Waals surface area (Å²) in [5.41, 5.74) is 3.11. The summed E-state index contributed by atoms with van der Waals surface area (Å²) in [4.78, 5) is 0. The van der Waals surface area contributed by atoms with Gasteiger partial charge < -0.3 is 0 Å². The minimum atomic E-state index is 0.996. The third-order valence-corrected chi connectivity index (χ3v) is 8.60. The molecule has 0 radical (unpaired) electrons. The molecule has 0 heterocycles. The Morgan fingerprint density at radius 1 is 0.533 bits per heavy atom. The highest BCUT2D eigenvalue weighted by Gasteiger charge is 2.30. The Balaban J connectivity index is 1.30. The van der Waals surface area contributed by atoms with E-state index < -0.39 is 0 Å². The van der Waals surface area contributed by atoms with Crippen molar-refractivity contribution >= 4 is 0 Å². The quantitative estimate of drug-likeness (QED) is 0.301. The number of hydrogen-bond donors (Lipinski definition) is 0. The molecule has 30 heavy (non-hydrogen) atoms. The molecule has 0 heteroatoms. The fourth-order valence-corrected chi connectivity index (χ4v) is 6.39. The Labute approximate surface area is 188 Å². The predicted octanol–water partition coefficient (Wildman–Crippen LogP) is 9.54. The maximum absolute atomic E-state index is 2.41. The highest BCUT2D eigenvalue weighted by molar-refractivity contribution is 5.22. The summed E-state index contributed by atoms with van der Waals surface area (Å²) in [5.74, 6) is 4.21. The van der Waals surface area contributed by atoms with E-state index in [0.717, 1.165) is 23.7 Å². The van der Waals surface area contributed by atoms with Crippen LogP contribution in [-0.2, 0) is 12.8 Å². The Morgan fingerprint density at radius 3 is 1.57 bits per heavy atom. The zero-order chi connectivity index (χ0) is 21.0. The van der Waals surface area contributed by atoms with Gasteiger partial charge >= 0.3 is 0 Å². The van der Waals surface area contributed by atoms with Crippen molar-refractivity contribution in [2.75, 3.05) is 0 Å². The molecule has 0 atom stereocenters. The second kappa shape index (κ2) is 13.6. The van der Waals surface area contributed by atoms with Crippen molar-refractivity contribution < 1.29 is 0 Å². The lowest BCUT2D eigenvalue weighted by molar-refractivity contribution is 0.140. The Bertz CT molecular complexity index is 540. The van der Waals surface area contributed by atoms with Gasteiger partial charge in [0.15, 0.2) is 0 Å². The van der Waals surface area contributed by atoms with E-state index in [-0.39, 0.29) is 0 Å². The molecule has 0 spiro atoms. The van der Waals surface area contributed by atoms with Crippen LogP contribution >= 0.6 is 0 Å². The Morgan fingerprint density at radius 2 is 1.03 bits per heavy atom. The van der Waals surface area contributed by atoms with Gasteiger partial charge in [-0.1, -0.05) is 102 Å². The van der Waals surface area contributed by atoms with Gasteiger partial charge in [-0.15, -0.1) is 0 Å². The lowest BCUT2D eigenvalue weighted by atomic mass is 9.68. The van der Waals surface area contributed by atoms with Crippen LogP contribution < -0.4 is 0 Å². The van der Waals surface area contributed by atoms with Gasteiger partial charge in [0.2, 0.25) is 0 Å². The van der Waals surface area contributed by atoms with Gasteiger partial charge in [0.05, 0.1) is 0 Å². The van der Waals surface area contributed by atoms with Crippen LogP contribution in [0.4, 0.5) is 0 Å². The van der Waals surface area contributed by atoms with Crippen LogP contribution in [0.15, 0.2) is 24.3 Å². The lowest BCUT2D eigenvalue weighted by Gasteiger charge is -2.38. The first-order chi connectivity index (χ1) is 14.8. The van der Waals surface area contributed by atoms with Gasteiger partial charge in [-0.2, -0.15) is 0 Å². The lowest BCUT2D eigenvalue weighted by Crippen LogP contribution is -2.26. The highest BCUT2D eigenvalue weighted by Crippen LogP contribution is 2.43. The highest BCUT2D eigenvalue weighted by atomic mass is 14.4. The SMILES string of the molecule is CCCCCCc1ccc(CCC2CCC(C3CCC(CCCC)CC3)CC2)cc1. The molecule has 3 rings (SSSR count). The van der Waals surface area contributed by atoms with E-state index in [9.17, 15) is 0 Å². The maximum Gasteiger partial charge on any atom is -0.0276 e. The predicted molar refractivity (Wildman–Crippen MR) is 133 cm³/mol. The molecule has 1 aromatic carbocycles. The monoisotopic (exact) mass is 410 g/mol.